The van der Waals surface area contributed by atoms with Crippen molar-refractivity contribution in [3.8, 4) is 0 Å². The molecular formula is C6H8MnO4. The number of carboxylic acid groups (broad SMARTS) is 1. The molecule has 1 radical (unpaired) electrons. The topological polar surface area (TPSA) is 63.6 Å². The monoisotopic (exact) mass is 199 g/mol. The maximum absolute atomic E-state index is 10.4. The molecule has 5 heteroatoms. The molecule has 0 aliphatic carbocycles. The molecule has 0 aromatic rings. The number of carboxylic acids is 1. The zero-order valence-corrected chi connectivity index (χ0v) is 7.09. The first kappa shape index (κ1) is 12.8. The van der Waals surface area contributed by atoms with Crippen molar-refractivity contribution in [1.29, 1.82) is 0 Å². The normalized spacial score (nSPS) is 8.82. The number of rotatable bonds is 3. The first-order chi connectivity index (χ1) is 4.66. The van der Waals surface area contributed by atoms with E-state index in [0.717, 1.165) is 12.2 Å². The van der Waals surface area contributed by atoms with Gasteiger partial charge < -0.3 is 9.84 Å². The molecule has 4 nitrogen and oxygen atoms in total. The summed E-state index contributed by atoms with van der Waals surface area (Å²) in [7, 11) is 0. The van der Waals surface area contributed by atoms with Crippen LogP contribution >= 0.6 is 0 Å². The summed E-state index contributed by atoms with van der Waals surface area (Å²) in [6, 6.07) is 0. The number of hydrogen-bond donors (Lipinski definition) is 1. The van der Waals surface area contributed by atoms with Gasteiger partial charge in [-0.2, -0.15) is 0 Å². The molecule has 0 heterocycles. The number of hydrogen-bond acceptors (Lipinski definition) is 3. The van der Waals surface area contributed by atoms with Gasteiger partial charge in [-0.3, -0.25) is 0 Å². The van der Waals surface area contributed by atoms with Gasteiger partial charge in [0, 0.05) is 29.2 Å². The molecule has 11 heavy (non-hydrogen) atoms. The molecular weight excluding hydrogens is 191 g/mol. The van der Waals surface area contributed by atoms with E-state index in [-0.39, 0.29) is 23.7 Å². The second-order valence-corrected chi connectivity index (χ2v) is 1.42. The fraction of sp³-hybridized carbons (Fsp3) is 0.333. The summed E-state index contributed by atoms with van der Waals surface area (Å²) < 4.78 is 4.40. The van der Waals surface area contributed by atoms with Crippen molar-refractivity contribution in [3.63, 3.8) is 0 Å². The van der Waals surface area contributed by atoms with Gasteiger partial charge >= 0.3 is 11.9 Å². The van der Waals surface area contributed by atoms with E-state index in [0.29, 0.717) is 0 Å². The van der Waals surface area contributed by atoms with Crippen LogP contribution in [0, 0.1) is 0 Å². The first-order valence-corrected chi connectivity index (χ1v) is 2.74. The van der Waals surface area contributed by atoms with Gasteiger partial charge in [-0.15, -0.1) is 0 Å². The van der Waals surface area contributed by atoms with Crippen molar-refractivity contribution in [2.45, 2.75) is 6.92 Å². The molecule has 0 amide bonds. The average Bonchev–Trinajstić information content (AvgIpc) is 1.85. The van der Waals surface area contributed by atoms with Crippen LogP contribution in [0.1, 0.15) is 6.92 Å². The Bertz CT molecular complexity index is 164. The number of carbonyl (C=O) groups excluding carboxylic acids is 1. The summed E-state index contributed by atoms with van der Waals surface area (Å²) in [5.41, 5.74) is 0. The van der Waals surface area contributed by atoms with Crippen LogP contribution in [0.15, 0.2) is 12.2 Å². The van der Waals surface area contributed by atoms with Crippen LogP contribution in [0.25, 0.3) is 0 Å². The Morgan fingerprint density at radius 1 is 1.45 bits per heavy atom. The van der Waals surface area contributed by atoms with Crippen molar-refractivity contribution in [2.75, 3.05) is 6.61 Å². The third-order valence-electron chi connectivity index (χ3n) is 0.649. The Morgan fingerprint density at radius 2 is 2.00 bits per heavy atom. The standard InChI is InChI=1S/C6H8O4.Mn/c1-2-10-6(9)4-3-5(7)8;/h3-4H,2H2,1H3,(H,7,8);/b4-3-;. The molecule has 0 aliphatic heterocycles. The molecule has 63 valence electrons. The minimum absolute atomic E-state index is 0. The van der Waals surface area contributed by atoms with Crippen LogP contribution in [-0.4, -0.2) is 23.7 Å². The molecule has 1 N–H and O–H groups in total. The van der Waals surface area contributed by atoms with Crippen molar-refractivity contribution < 1.29 is 36.5 Å². The van der Waals surface area contributed by atoms with Gasteiger partial charge in [-0.05, 0) is 6.92 Å². The average molecular weight is 199 g/mol. The summed E-state index contributed by atoms with van der Waals surface area (Å²) in [6.07, 6.45) is 1.60. The van der Waals surface area contributed by atoms with E-state index < -0.39 is 11.9 Å². The fourth-order valence-corrected chi connectivity index (χ4v) is 0.330. The van der Waals surface area contributed by atoms with E-state index >= 15 is 0 Å². The van der Waals surface area contributed by atoms with Crippen molar-refractivity contribution in [3.05, 3.63) is 12.2 Å². The SMILES string of the molecule is CCOC(=O)/C=C\C(=O)O.[Mn]. The van der Waals surface area contributed by atoms with E-state index in [9.17, 15) is 9.59 Å². The Hall–Kier alpha value is -0.801. The predicted molar refractivity (Wildman–Crippen MR) is 33.4 cm³/mol. The Labute approximate surface area is 74.7 Å². The molecule has 0 spiro atoms. The maximum atomic E-state index is 10.4. The smallest absolute Gasteiger partial charge is 0.330 e. The minimum atomic E-state index is -1.16. The second-order valence-electron chi connectivity index (χ2n) is 1.42. The first-order valence-electron chi connectivity index (χ1n) is 2.74. The molecule has 0 aromatic carbocycles. The van der Waals surface area contributed by atoms with E-state index in [4.69, 9.17) is 5.11 Å². The largest absolute Gasteiger partial charge is 0.478 e. The zero-order chi connectivity index (χ0) is 7.98. The van der Waals surface area contributed by atoms with Gasteiger partial charge in [0.25, 0.3) is 0 Å². The molecule has 0 saturated carbocycles. The molecule has 0 aliphatic rings. The summed E-state index contributed by atoms with van der Waals surface area (Å²) in [5, 5.41) is 8.04. The molecule has 0 unspecified atom stereocenters. The van der Waals surface area contributed by atoms with Gasteiger partial charge in [0.2, 0.25) is 0 Å². The van der Waals surface area contributed by atoms with Crippen LogP contribution < -0.4 is 0 Å². The van der Waals surface area contributed by atoms with Gasteiger partial charge in [0.05, 0.1) is 6.61 Å². The number of ether oxygens (including phenoxy) is 1. The van der Waals surface area contributed by atoms with Crippen molar-refractivity contribution in [1.82, 2.24) is 0 Å². The summed E-state index contributed by atoms with van der Waals surface area (Å²) in [6.45, 7) is 1.90. The number of aliphatic carboxylic acids is 1. The molecule has 0 aromatic heterocycles. The van der Waals surface area contributed by atoms with Gasteiger partial charge in [-0.25, -0.2) is 9.59 Å². The van der Waals surface area contributed by atoms with Crippen LogP contribution in [0.4, 0.5) is 0 Å². The third-order valence-corrected chi connectivity index (χ3v) is 0.649. The van der Waals surface area contributed by atoms with Crippen LogP contribution in [0.2, 0.25) is 0 Å². The molecule has 0 rings (SSSR count). The van der Waals surface area contributed by atoms with E-state index in [2.05, 4.69) is 4.74 Å². The molecule has 0 fully saturated rings. The maximum Gasteiger partial charge on any atom is 0.330 e. The summed E-state index contributed by atoms with van der Waals surface area (Å²) >= 11 is 0. The van der Waals surface area contributed by atoms with Crippen LogP contribution in [0.3, 0.4) is 0 Å². The minimum Gasteiger partial charge on any atom is -0.478 e. The molecule has 0 bridgehead atoms. The van der Waals surface area contributed by atoms with Gasteiger partial charge in [0.15, 0.2) is 0 Å². The summed E-state index contributed by atoms with van der Waals surface area (Å²) in [5.74, 6) is -1.79. The molecule has 0 atom stereocenters. The van der Waals surface area contributed by atoms with E-state index in [1.165, 1.54) is 0 Å². The van der Waals surface area contributed by atoms with Crippen LogP contribution in [-0.2, 0) is 31.4 Å². The Balaban J connectivity index is 0. The molecule has 0 saturated heterocycles. The second kappa shape index (κ2) is 7.31. The predicted octanol–water partition coefficient (Wildman–Crippen LogP) is 0.188. The Kier molecular flexibility index (Phi) is 8.53. The zero-order valence-electron chi connectivity index (χ0n) is 5.91. The van der Waals surface area contributed by atoms with E-state index in [1.54, 1.807) is 6.92 Å². The quantitative estimate of drug-likeness (QED) is 0.400. The number of carbonyl (C=O) groups is 2. The van der Waals surface area contributed by atoms with Gasteiger partial charge in [0.1, 0.15) is 0 Å². The fourth-order valence-electron chi connectivity index (χ4n) is 0.330. The van der Waals surface area contributed by atoms with Crippen LogP contribution in [0.5, 0.6) is 0 Å². The van der Waals surface area contributed by atoms with Gasteiger partial charge in [-0.1, -0.05) is 0 Å². The van der Waals surface area contributed by atoms with Crippen molar-refractivity contribution >= 4 is 11.9 Å². The van der Waals surface area contributed by atoms with Crippen molar-refractivity contribution in [2.24, 2.45) is 0 Å². The van der Waals surface area contributed by atoms with E-state index in [1.807, 2.05) is 0 Å². The summed E-state index contributed by atoms with van der Waals surface area (Å²) in [4.78, 5) is 20.2. The number of esters is 1. The Morgan fingerprint density at radius 3 is 2.36 bits per heavy atom. The third kappa shape index (κ3) is 9.20.